The van der Waals surface area contributed by atoms with Crippen molar-refractivity contribution in [2.45, 2.75) is 12.5 Å². The van der Waals surface area contributed by atoms with Crippen LogP contribution in [0.15, 0.2) is 24.3 Å². The van der Waals surface area contributed by atoms with Crippen molar-refractivity contribution in [3.8, 4) is 6.07 Å². The van der Waals surface area contributed by atoms with Crippen LogP contribution in [0.1, 0.15) is 12.0 Å². The van der Waals surface area contributed by atoms with Crippen LogP contribution >= 0.6 is 0 Å². The Bertz CT molecular complexity index is 360. The van der Waals surface area contributed by atoms with Gasteiger partial charge in [-0.1, -0.05) is 6.07 Å². The molecule has 0 aliphatic heterocycles. The van der Waals surface area contributed by atoms with E-state index in [1.165, 1.54) is 0 Å². The highest BCUT2D eigenvalue weighted by Crippen LogP contribution is 2.09. The fourth-order valence-electron chi connectivity index (χ4n) is 1.36. The zero-order valence-electron chi connectivity index (χ0n) is 9.31. The van der Waals surface area contributed by atoms with E-state index in [0.29, 0.717) is 25.1 Å². The predicted octanol–water partition coefficient (Wildman–Crippen LogP) is 1.37. The molecule has 86 valence electrons. The number of nitrogens with one attached hydrogen (secondary N) is 1. The molecule has 0 amide bonds. The molecule has 0 heterocycles. The summed E-state index contributed by atoms with van der Waals surface area (Å²) in [6.45, 7) is 0.999. The smallest absolute Gasteiger partial charge is 0.0992 e. The van der Waals surface area contributed by atoms with E-state index in [-0.39, 0.29) is 0 Å². The van der Waals surface area contributed by atoms with Crippen molar-refractivity contribution in [2.75, 3.05) is 25.6 Å². The van der Waals surface area contributed by atoms with Crippen LogP contribution < -0.4 is 5.32 Å². The lowest BCUT2D eigenvalue weighted by atomic mass is 10.2. The first-order valence-corrected chi connectivity index (χ1v) is 5.17. The molecule has 1 rings (SSSR count). The summed E-state index contributed by atoms with van der Waals surface area (Å²) in [5, 5.41) is 21.3. The minimum atomic E-state index is -0.448. The topological polar surface area (TPSA) is 65.3 Å². The van der Waals surface area contributed by atoms with Crippen LogP contribution in [0, 0.1) is 11.3 Å². The number of aliphatic hydroxyl groups is 1. The van der Waals surface area contributed by atoms with Gasteiger partial charge in [-0.15, -0.1) is 0 Å². The van der Waals surface area contributed by atoms with Gasteiger partial charge in [0, 0.05) is 19.3 Å². The lowest BCUT2D eigenvalue weighted by Gasteiger charge is -2.10. The zero-order valence-corrected chi connectivity index (χ0v) is 9.31. The number of rotatable bonds is 6. The molecule has 0 bridgehead atoms. The average molecular weight is 220 g/mol. The molecular weight excluding hydrogens is 204 g/mol. The Morgan fingerprint density at radius 2 is 2.38 bits per heavy atom. The number of methoxy groups -OCH3 is 1. The van der Waals surface area contributed by atoms with E-state index in [0.717, 1.165) is 5.69 Å². The SMILES string of the molecule is COCC(O)CCNc1cccc(C#N)c1. The quantitative estimate of drug-likeness (QED) is 0.760. The first-order valence-electron chi connectivity index (χ1n) is 5.17. The number of nitriles is 1. The zero-order chi connectivity index (χ0) is 11.8. The number of hydrogen-bond acceptors (Lipinski definition) is 4. The minimum absolute atomic E-state index is 0.347. The first kappa shape index (κ1) is 12.5. The number of aliphatic hydroxyl groups excluding tert-OH is 1. The summed E-state index contributed by atoms with van der Waals surface area (Å²) in [5.41, 5.74) is 1.52. The Morgan fingerprint density at radius 1 is 1.56 bits per heavy atom. The molecule has 4 heteroatoms. The molecule has 0 aliphatic rings. The maximum absolute atomic E-state index is 9.41. The maximum Gasteiger partial charge on any atom is 0.0992 e. The second-order valence-electron chi connectivity index (χ2n) is 3.52. The molecule has 1 unspecified atom stereocenters. The standard InChI is InChI=1S/C12H16N2O2/c1-16-9-12(15)5-6-14-11-4-2-3-10(7-11)8-13/h2-4,7,12,14-15H,5-6,9H2,1H3. The molecule has 1 aromatic carbocycles. The Balaban J connectivity index is 2.34. The van der Waals surface area contributed by atoms with Gasteiger partial charge in [-0.05, 0) is 24.6 Å². The molecule has 4 nitrogen and oxygen atoms in total. The van der Waals surface area contributed by atoms with Crippen molar-refractivity contribution >= 4 is 5.69 Å². The monoisotopic (exact) mass is 220 g/mol. The van der Waals surface area contributed by atoms with Crippen LogP contribution in [0.3, 0.4) is 0 Å². The van der Waals surface area contributed by atoms with Crippen LogP contribution in [0.5, 0.6) is 0 Å². The average Bonchev–Trinajstić information content (AvgIpc) is 2.30. The van der Waals surface area contributed by atoms with E-state index >= 15 is 0 Å². The van der Waals surface area contributed by atoms with Crippen molar-refractivity contribution in [3.63, 3.8) is 0 Å². The fraction of sp³-hybridized carbons (Fsp3) is 0.417. The van der Waals surface area contributed by atoms with Gasteiger partial charge in [0.25, 0.3) is 0 Å². The summed E-state index contributed by atoms with van der Waals surface area (Å²) in [4.78, 5) is 0. The van der Waals surface area contributed by atoms with Crippen LogP contribution in [0.4, 0.5) is 5.69 Å². The molecule has 1 aromatic rings. The largest absolute Gasteiger partial charge is 0.391 e. The minimum Gasteiger partial charge on any atom is -0.391 e. The Morgan fingerprint density at radius 3 is 3.06 bits per heavy atom. The Labute approximate surface area is 95.5 Å². The normalized spacial score (nSPS) is 11.8. The van der Waals surface area contributed by atoms with E-state index in [4.69, 9.17) is 10.00 Å². The molecule has 1 atom stereocenters. The summed E-state index contributed by atoms with van der Waals surface area (Å²) < 4.78 is 4.82. The lowest BCUT2D eigenvalue weighted by Crippen LogP contribution is -2.18. The molecule has 2 N–H and O–H groups in total. The van der Waals surface area contributed by atoms with E-state index in [2.05, 4.69) is 11.4 Å². The van der Waals surface area contributed by atoms with Crippen molar-refractivity contribution in [3.05, 3.63) is 29.8 Å². The number of nitrogens with zero attached hydrogens (tertiary/aromatic N) is 1. The second-order valence-corrected chi connectivity index (χ2v) is 3.52. The third-order valence-electron chi connectivity index (χ3n) is 2.16. The highest BCUT2D eigenvalue weighted by atomic mass is 16.5. The van der Waals surface area contributed by atoms with Gasteiger partial charge in [0.15, 0.2) is 0 Å². The molecule has 0 saturated carbocycles. The van der Waals surface area contributed by atoms with Gasteiger partial charge in [-0.25, -0.2) is 0 Å². The third kappa shape index (κ3) is 4.30. The third-order valence-corrected chi connectivity index (χ3v) is 2.16. The molecule has 0 aromatic heterocycles. The van der Waals surface area contributed by atoms with Crippen molar-refractivity contribution in [2.24, 2.45) is 0 Å². The number of ether oxygens (including phenoxy) is 1. The maximum atomic E-state index is 9.41. The van der Waals surface area contributed by atoms with E-state index in [1.807, 2.05) is 12.1 Å². The molecule has 0 saturated heterocycles. The summed E-state index contributed by atoms with van der Waals surface area (Å²) in [5.74, 6) is 0. The summed E-state index contributed by atoms with van der Waals surface area (Å²) in [6.07, 6.45) is 0.168. The van der Waals surface area contributed by atoms with Crippen LogP contribution in [0.25, 0.3) is 0 Å². The fourth-order valence-corrected chi connectivity index (χ4v) is 1.36. The Kier molecular flexibility index (Phi) is 5.34. The van der Waals surface area contributed by atoms with Gasteiger partial charge < -0.3 is 15.2 Å². The van der Waals surface area contributed by atoms with Gasteiger partial charge in [-0.2, -0.15) is 5.26 Å². The molecule has 0 spiro atoms. The molecule has 16 heavy (non-hydrogen) atoms. The van der Waals surface area contributed by atoms with Gasteiger partial charge >= 0.3 is 0 Å². The first-order chi connectivity index (χ1) is 7.76. The highest BCUT2D eigenvalue weighted by molar-refractivity contribution is 5.48. The van der Waals surface area contributed by atoms with Crippen molar-refractivity contribution < 1.29 is 9.84 Å². The summed E-state index contributed by atoms with van der Waals surface area (Å²) in [6, 6.07) is 9.33. The number of benzene rings is 1. The highest BCUT2D eigenvalue weighted by Gasteiger charge is 2.02. The second kappa shape index (κ2) is 6.83. The molecule has 0 fully saturated rings. The van der Waals surface area contributed by atoms with Gasteiger partial charge in [0.1, 0.15) is 0 Å². The number of hydrogen-bond donors (Lipinski definition) is 2. The van der Waals surface area contributed by atoms with Crippen LogP contribution in [0.2, 0.25) is 0 Å². The summed E-state index contributed by atoms with van der Waals surface area (Å²) in [7, 11) is 1.56. The Hall–Kier alpha value is -1.57. The predicted molar refractivity (Wildman–Crippen MR) is 62.1 cm³/mol. The van der Waals surface area contributed by atoms with Crippen molar-refractivity contribution in [1.29, 1.82) is 5.26 Å². The number of anilines is 1. The van der Waals surface area contributed by atoms with E-state index in [9.17, 15) is 5.11 Å². The summed E-state index contributed by atoms with van der Waals surface area (Å²) >= 11 is 0. The van der Waals surface area contributed by atoms with Gasteiger partial charge in [0.05, 0.1) is 24.3 Å². The lowest BCUT2D eigenvalue weighted by molar-refractivity contribution is 0.0615. The molecular formula is C12H16N2O2. The van der Waals surface area contributed by atoms with E-state index < -0.39 is 6.10 Å². The molecule has 0 radical (unpaired) electrons. The van der Waals surface area contributed by atoms with Crippen LogP contribution in [-0.2, 0) is 4.74 Å². The van der Waals surface area contributed by atoms with Crippen LogP contribution in [-0.4, -0.2) is 31.5 Å². The van der Waals surface area contributed by atoms with Gasteiger partial charge in [-0.3, -0.25) is 0 Å². The van der Waals surface area contributed by atoms with Crippen molar-refractivity contribution in [1.82, 2.24) is 0 Å². The van der Waals surface area contributed by atoms with E-state index in [1.54, 1.807) is 19.2 Å². The van der Waals surface area contributed by atoms with Gasteiger partial charge in [0.2, 0.25) is 0 Å². The molecule has 0 aliphatic carbocycles.